The fraction of sp³-hybridized carbons (Fsp3) is 0.250. The van der Waals surface area contributed by atoms with Crippen LogP contribution in [-0.2, 0) is 9.31 Å². The summed E-state index contributed by atoms with van der Waals surface area (Å²) in [6.45, 7) is 8.24. The Morgan fingerprint density at radius 1 is 0.839 bits per heavy atom. The van der Waals surface area contributed by atoms with Gasteiger partial charge in [-0.05, 0) is 68.4 Å². The first-order valence-corrected chi connectivity index (χ1v) is 11.4. The Kier molecular flexibility index (Phi) is 4.96. The van der Waals surface area contributed by atoms with E-state index in [1.165, 1.54) is 10.8 Å². The van der Waals surface area contributed by atoms with Crippen LogP contribution in [0.1, 0.15) is 33.3 Å². The molecule has 0 radical (unpaired) electrons. The van der Waals surface area contributed by atoms with Crippen molar-refractivity contribution in [3.05, 3.63) is 76.7 Å². The summed E-state index contributed by atoms with van der Waals surface area (Å²) in [5.41, 5.74) is 3.51. The Morgan fingerprint density at radius 2 is 1.39 bits per heavy atom. The summed E-state index contributed by atoms with van der Waals surface area (Å²) in [6.07, 6.45) is 0. The quantitative estimate of drug-likeness (QED) is 0.445. The molecule has 1 fully saturated rings. The van der Waals surface area contributed by atoms with E-state index in [0.29, 0.717) is 0 Å². The maximum atomic E-state index is 6.42. The molecule has 5 rings (SSSR count). The number of nitrogens with one attached hydrogen (secondary N) is 2. The topological polar surface area (TPSA) is 42.5 Å². The highest BCUT2D eigenvalue weighted by Crippen LogP contribution is 2.41. The molecule has 3 aromatic carbocycles. The summed E-state index contributed by atoms with van der Waals surface area (Å²) in [5.74, 6) is 2.18. The molecule has 0 saturated carbocycles. The van der Waals surface area contributed by atoms with E-state index in [1.54, 1.807) is 0 Å². The van der Waals surface area contributed by atoms with Crippen molar-refractivity contribution in [1.29, 1.82) is 0 Å². The van der Waals surface area contributed by atoms with Gasteiger partial charge in [0.1, 0.15) is 0 Å². The molecule has 4 nitrogen and oxygen atoms in total. The first-order valence-electron chi connectivity index (χ1n) is 10.6. The summed E-state index contributed by atoms with van der Waals surface area (Å²) in [5, 5.41) is 9.70. The maximum absolute atomic E-state index is 6.42. The SMILES string of the molecule is CC1(C)OB(/C(=C/B2Nc3cccc4cccc(c34)N2)c2ccc(Br)cc2)OC1(C)C. The van der Waals surface area contributed by atoms with Gasteiger partial charge in [-0.2, -0.15) is 0 Å². The number of anilines is 2. The van der Waals surface area contributed by atoms with Gasteiger partial charge in [-0.25, -0.2) is 0 Å². The smallest absolute Gasteiger partial charge is 0.405 e. The van der Waals surface area contributed by atoms with E-state index >= 15 is 0 Å². The van der Waals surface area contributed by atoms with Gasteiger partial charge < -0.3 is 19.8 Å². The monoisotopic (exact) mass is 474 g/mol. The molecule has 0 aliphatic carbocycles. The van der Waals surface area contributed by atoms with E-state index in [4.69, 9.17) is 9.31 Å². The normalized spacial score (nSPS) is 19.3. The van der Waals surface area contributed by atoms with Crippen molar-refractivity contribution in [1.82, 2.24) is 0 Å². The highest BCUT2D eigenvalue weighted by atomic mass is 79.9. The number of hydrogen-bond acceptors (Lipinski definition) is 4. The third-order valence-corrected chi connectivity index (χ3v) is 7.09. The fourth-order valence-corrected chi connectivity index (χ4v) is 4.40. The van der Waals surface area contributed by atoms with Gasteiger partial charge in [0.15, 0.2) is 0 Å². The highest BCUT2D eigenvalue weighted by Gasteiger charge is 2.52. The number of halogens is 1. The predicted octanol–water partition coefficient (Wildman–Crippen LogP) is 6.18. The molecule has 31 heavy (non-hydrogen) atoms. The van der Waals surface area contributed by atoms with Crippen LogP contribution in [0, 0.1) is 0 Å². The Hall–Kier alpha value is -2.21. The van der Waals surface area contributed by atoms with Crippen LogP contribution in [0.25, 0.3) is 16.2 Å². The molecule has 1 saturated heterocycles. The minimum atomic E-state index is -0.456. The summed E-state index contributed by atoms with van der Waals surface area (Å²) in [6, 6.07) is 21.0. The second kappa shape index (κ2) is 7.44. The molecule has 0 atom stereocenters. The van der Waals surface area contributed by atoms with Crippen molar-refractivity contribution in [3.8, 4) is 0 Å². The molecule has 7 heteroatoms. The molecule has 156 valence electrons. The van der Waals surface area contributed by atoms with Crippen LogP contribution in [0.15, 0.2) is 71.1 Å². The Balaban J connectivity index is 1.55. The van der Waals surface area contributed by atoms with Crippen molar-refractivity contribution >= 4 is 57.7 Å². The summed E-state index contributed by atoms with van der Waals surface area (Å²) in [4.78, 5) is 0. The predicted molar refractivity (Wildman–Crippen MR) is 135 cm³/mol. The molecule has 2 aliphatic heterocycles. The molecule has 0 aromatic heterocycles. The van der Waals surface area contributed by atoms with Crippen molar-refractivity contribution in [2.24, 2.45) is 0 Å². The third-order valence-electron chi connectivity index (χ3n) is 6.56. The molecule has 3 aromatic rings. The molecule has 0 amide bonds. The molecule has 2 aliphatic rings. The van der Waals surface area contributed by atoms with Crippen LogP contribution < -0.4 is 10.5 Å². The minimum Gasteiger partial charge on any atom is -0.405 e. The Bertz CT molecular complexity index is 1120. The zero-order chi connectivity index (χ0) is 21.8. The average Bonchev–Trinajstić information content (AvgIpc) is 2.94. The third kappa shape index (κ3) is 3.69. The standard InChI is InChI=1S/C24H25B2BrN2O2/c1-23(2)24(3,4)31-26(30-23)19(16-11-13-18(27)14-12-16)15-25-28-20-9-5-7-17-8-6-10-21(29-25)22(17)20/h5-15,28-29H,1-4H3/b19-15+. The van der Waals surface area contributed by atoms with E-state index < -0.39 is 18.3 Å². The first-order chi connectivity index (χ1) is 14.7. The number of rotatable bonds is 3. The first kappa shape index (κ1) is 20.7. The van der Waals surface area contributed by atoms with Gasteiger partial charge in [0.2, 0.25) is 0 Å². The lowest BCUT2D eigenvalue weighted by molar-refractivity contribution is 0.00578. The van der Waals surface area contributed by atoms with E-state index in [2.05, 4.69) is 109 Å². The molecule has 0 spiro atoms. The lowest BCUT2D eigenvalue weighted by Crippen LogP contribution is -2.41. The molecule has 2 N–H and O–H groups in total. The molecule has 0 bridgehead atoms. The second-order valence-corrected chi connectivity index (χ2v) is 10.1. The van der Waals surface area contributed by atoms with Crippen molar-refractivity contribution in [3.63, 3.8) is 0 Å². The van der Waals surface area contributed by atoms with Crippen LogP contribution >= 0.6 is 15.9 Å². The van der Waals surface area contributed by atoms with E-state index in [1.807, 2.05) is 12.1 Å². The summed E-state index contributed by atoms with van der Waals surface area (Å²) >= 11 is 3.54. The van der Waals surface area contributed by atoms with Crippen LogP contribution in [0.5, 0.6) is 0 Å². The molecular formula is C24H25B2BrN2O2. The fourth-order valence-electron chi connectivity index (χ4n) is 4.14. The van der Waals surface area contributed by atoms with E-state index in [0.717, 1.165) is 26.9 Å². The Morgan fingerprint density at radius 3 is 1.94 bits per heavy atom. The van der Waals surface area contributed by atoms with E-state index in [-0.39, 0.29) is 6.98 Å². The number of hydrogen-bond donors (Lipinski definition) is 2. The van der Waals surface area contributed by atoms with Gasteiger partial charge in [0.25, 0.3) is 0 Å². The van der Waals surface area contributed by atoms with E-state index in [9.17, 15) is 0 Å². The van der Waals surface area contributed by atoms with Crippen molar-refractivity contribution < 1.29 is 9.31 Å². The van der Waals surface area contributed by atoms with Gasteiger partial charge in [-0.3, -0.25) is 0 Å². The van der Waals surface area contributed by atoms with Crippen molar-refractivity contribution in [2.45, 2.75) is 38.9 Å². The highest BCUT2D eigenvalue weighted by molar-refractivity contribution is 9.10. The maximum Gasteiger partial charge on any atom is 0.494 e. The second-order valence-electron chi connectivity index (χ2n) is 9.19. The molecule has 0 unspecified atom stereocenters. The van der Waals surface area contributed by atoms with Gasteiger partial charge in [-0.1, -0.05) is 58.3 Å². The van der Waals surface area contributed by atoms with Gasteiger partial charge >= 0.3 is 14.1 Å². The molecular weight excluding hydrogens is 450 g/mol. The molecule has 2 heterocycles. The lowest BCUT2D eigenvalue weighted by atomic mass is 9.63. The lowest BCUT2D eigenvalue weighted by Gasteiger charge is -2.32. The van der Waals surface area contributed by atoms with Crippen LogP contribution in [-0.4, -0.2) is 25.3 Å². The van der Waals surface area contributed by atoms with Crippen LogP contribution in [0.2, 0.25) is 0 Å². The van der Waals surface area contributed by atoms with Gasteiger partial charge in [0, 0.05) is 21.2 Å². The zero-order valence-corrected chi connectivity index (χ0v) is 19.8. The van der Waals surface area contributed by atoms with Crippen LogP contribution in [0.3, 0.4) is 0 Å². The van der Waals surface area contributed by atoms with Gasteiger partial charge in [0.05, 0.1) is 11.2 Å². The Labute approximate surface area is 192 Å². The van der Waals surface area contributed by atoms with Crippen molar-refractivity contribution in [2.75, 3.05) is 10.5 Å². The largest absolute Gasteiger partial charge is 0.494 e. The summed E-state index contributed by atoms with van der Waals surface area (Å²) in [7, 11) is -0.456. The average molecular weight is 475 g/mol. The minimum absolute atomic E-state index is 0.0989. The number of benzene rings is 3. The summed E-state index contributed by atoms with van der Waals surface area (Å²) < 4.78 is 13.9. The van der Waals surface area contributed by atoms with Gasteiger partial charge in [-0.15, -0.1) is 0 Å². The zero-order valence-electron chi connectivity index (χ0n) is 18.2. The van der Waals surface area contributed by atoms with Crippen LogP contribution in [0.4, 0.5) is 11.4 Å².